The minimum absolute atomic E-state index is 0.719. The summed E-state index contributed by atoms with van der Waals surface area (Å²) in [5.41, 5.74) is 0.941. The first-order valence-corrected chi connectivity index (χ1v) is 9.23. The van der Waals surface area contributed by atoms with Crippen LogP contribution in [0.4, 0.5) is 0 Å². The highest BCUT2D eigenvalue weighted by Crippen LogP contribution is 2.27. The number of morpholine rings is 1. The molecule has 0 amide bonds. The van der Waals surface area contributed by atoms with Gasteiger partial charge < -0.3 is 19.1 Å². The molecule has 0 N–H and O–H groups in total. The molecule has 1 aromatic rings. The van der Waals surface area contributed by atoms with E-state index in [1.165, 1.54) is 0 Å². The summed E-state index contributed by atoms with van der Waals surface area (Å²) in [6.07, 6.45) is 3.14. The summed E-state index contributed by atoms with van der Waals surface area (Å²) in [6.45, 7) is 3.82. The summed E-state index contributed by atoms with van der Waals surface area (Å²) in [5.74, 6) is 2.70. The van der Waals surface area contributed by atoms with Crippen LogP contribution in [0.3, 0.4) is 0 Å². The van der Waals surface area contributed by atoms with Gasteiger partial charge in [0.05, 0.1) is 32.5 Å². The fourth-order valence-electron chi connectivity index (χ4n) is 2.27. The van der Waals surface area contributed by atoms with E-state index in [4.69, 9.17) is 26.4 Å². The Morgan fingerprint density at radius 3 is 2.82 bits per heavy atom. The van der Waals surface area contributed by atoms with Gasteiger partial charge in [0.15, 0.2) is 0 Å². The molecule has 0 aliphatic carbocycles. The van der Waals surface area contributed by atoms with E-state index in [1.807, 2.05) is 30.0 Å². The molecule has 1 fully saturated rings. The van der Waals surface area contributed by atoms with Gasteiger partial charge in [-0.1, -0.05) is 12.2 Å². The van der Waals surface area contributed by atoms with Gasteiger partial charge >= 0.3 is 0 Å². The van der Waals surface area contributed by atoms with Gasteiger partial charge in [0.2, 0.25) is 0 Å². The van der Waals surface area contributed by atoms with E-state index in [0.29, 0.717) is 0 Å². The number of hydrogen-bond acceptors (Lipinski definition) is 5. The highest BCUT2D eigenvalue weighted by molar-refractivity contribution is 7.98. The van der Waals surface area contributed by atoms with Gasteiger partial charge in [0, 0.05) is 19.2 Å². The standard InChI is InChI=1S/C16H23NO3S2/c1-18-15-12-13(20-8-3-11-22-2)4-5-14(15)16(21)17-6-9-19-10-7-17/h4-5,12H,3,6-11H2,1-2H3. The second-order valence-corrected chi connectivity index (χ2v) is 6.33. The van der Waals surface area contributed by atoms with Crippen molar-refractivity contribution in [3.63, 3.8) is 0 Å². The Hall–Kier alpha value is -0.980. The Morgan fingerprint density at radius 2 is 2.14 bits per heavy atom. The van der Waals surface area contributed by atoms with Crippen LogP contribution in [-0.4, -0.2) is 61.9 Å². The molecular weight excluding hydrogens is 318 g/mol. The van der Waals surface area contributed by atoms with Gasteiger partial charge in [-0.15, -0.1) is 0 Å². The molecule has 1 saturated heterocycles. The quantitative estimate of drug-likeness (QED) is 0.560. The maximum atomic E-state index is 5.76. The summed E-state index contributed by atoms with van der Waals surface area (Å²) < 4.78 is 16.6. The van der Waals surface area contributed by atoms with E-state index in [0.717, 1.165) is 67.1 Å². The molecule has 1 aliphatic rings. The first kappa shape index (κ1) is 17.4. The molecule has 0 radical (unpaired) electrons. The first-order valence-electron chi connectivity index (χ1n) is 7.43. The molecule has 0 spiro atoms. The predicted molar refractivity (Wildman–Crippen MR) is 95.6 cm³/mol. The maximum Gasteiger partial charge on any atom is 0.132 e. The highest BCUT2D eigenvalue weighted by atomic mass is 32.2. The number of thiocarbonyl (C=S) groups is 1. The lowest BCUT2D eigenvalue weighted by Crippen LogP contribution is -2.40. The lowest BCUT2D eigenvalue weighted by atomic mass is 10.1. The van der Waals surface area contributed by atoms with Crippen LogP contribution >= 0.6 is 24.0 Å². The van der Waals surface area contributed by atoms with Crippen molar-refractivity contribution in [1.29, 1.82) is 0 Å². The van der Waals surface area contributed by atoms with Crippen LogP contribution in [0.2, 0.25) is 0 Å². The Bertz CT molecular complexity index is 490. The van der Waals surface area contributed by atoms with Crippen molar-refractivity contribution in [2.75, 3.05) is 52.0 Å². The summed E-state index contributed by atoms with van der Waals surface area (Å²) in [6, 6.07) is 5.87. The number of thioether (sulfide) groups is 1. The molecule has 1 heterocycles. The zero-order valence-corrected chi connectivity index (χ0v) is 14.8. The fraction of sp³-hybridized carbons (Fsp3) is 0.562. The Balaban J connectivity index is 2.03. The van der Waals surface area contributed by atoms with Crippen molar-refractivity contribution in [3.05, 3.63) is 23.8 Å². The Morgan fingerprint density at radius 1 is 1.36 bits per heavy atom. The van der Waals surface area contributed by atoms with Crippen LogP contribution in [0.25, 0.3) is 0 Å². The third-order valence-electron chi connectivity index (χ3n) is 3.46. The van der Waals surface area contributed by atoms with Gasteiger partial charge in [-0.3, -0.25) is 0 Å². The number of ether oxygens (including phenoxy) is 3. The number of hydrogen-bond donors (Lipinski definition) is 0. The van der Waals surface area contributed by atoms with Crippen molar-refractivity contribution >= 4 is 29.0 Å². The van der Waals surface area contributed by atoms with Gasteiger partial charge in [-0.2, -0.15) is 11.8 Å². The molecular formula is C16H23NO3S2. The second kappa shape index (κ2) is 9.22. The van der Waals surface area contributed by atoms with E-state index in [2.05, 4.69) is 11.2 Å². The molecule has 2 rings (SSSR count). The summed E-state index contributed by atoms with van der Waals surface area (Å²) >= 11 is 7.44. The largest absolute Gasteiger partial charge is 0.496 e. The van der Waals surface area contributed by atoms with Crippen molar-refractivity contribution in [3.8, 4) is 11.5 Å². The number of nitrogens with zero attached hydrogens (tertiary/aromatic N) is 1. The molecule has 122 valence electrons. The molecule has 4 nitrogen and oxygen atoms in total. The molecule has 0 atom stereocenters. The summed E-state index contributed by atoms with van der Waals surface area (Å²) in [4.78, 5) is 2.98. The zero-order valence-electron chi connectivity index (χ0n) is 13.2. The monoisotopic (exact) mass is 341 g/mol. The van der Waals surface area contributed by atoms with Crippen LogP contribution in [0.5, 0.6) is 11.5 Å². The van der Waals surface area contributed by atoms with Crippen molar-refractivity contribution in [2.24, 2.45) is 0 Å². The van der Waals surface area contributed by atoms with Crippen LogP contribution in [0, 0.1) is 0 Å². The number of methoxy groups -OCH3 is 1. The van der Waals surface area contributed by atoms with Gasteiger partial charge in [-0.05, 0) is 30.6 Å². The smallest absolute Gasteiger partial charge is 0.132 e. The highest BCUT2D eigenvalue weighted by Gasteiger charge is 2.18. The molecule has 22 heavy (non-hydrogen) atoms. The van der Waals surface area contributed by atoms with Gasteiger partial charge in [-0.25, -0.2) is 0 Å². The lowest BCUT2D eigenvalue weighted by molar-refractivity contribution is 0.0692. The normalized spacial score (nSPS) is 14.7. The average Bonchev–Trinajstić information content (AvgIpc) is 2.58. The molecule has 0 bridgehead atoms. The van der Waals surface area contributed by atoms with E-state index >= 15 is 0 Å². The average molecular weight is 341 g/mol. The van der Waals surface area contributed by atoms with Crippen LogP contribution in [0.1, 0.15) is 12.0 Å². The van der Waals surface area contributed by atoms with Crippen molar-refractivity contribution in [1.82, 2.24) is 4.90 Å². The van der Waals surface area contributed by atoms with Gasteiger partial charge in [0.25, 0.3) is 0 Å². The van der Waals surface area contributed by atoms with Crippen LogP contribution in [-0.2, 0) is 4.74 Å². The minimum Gasteiger partial charge on any atom is -0.496 e. The van der Waals surface area contributed by atoms with Crippen molar-refractivity contribution < 1.29 is 14.2 Å². The van der Waals surface area contributed by atoms with Crippen LogP contribution in [0.15, 0.2) is 18.2 Å². The van der Waals surface area contributed by atoms with Crippen molar-refractivity contribution in [2.45, 2.75) is 6.42 Å². The second-order valence-electron chi connectivity index (χ2n) is 4.96. The predicted octanol–water partition coefficient (Wildman–Crippen LogP) is 2.83. The van der Waals surface area contributed by atoms with E-state index in [-0.39, 0.29) is 0 Å². The van der Waals surface area contributed by atoms with E-state index in [1.54, 1.807) is 7.11 Å². The van der Waals surface area contributed by atoms with Gasteiger partial charge in [0.1, 0.15) is 16.5 Å². The van der Waals surface area contributed by atoms with Crippen LogP contribution < -0.4 is 9.47 Å². The molecule has 0 unspecified atom stereocenters. The fourth-order valence-corrected chi connectivity index (χ4v) is 3.03. The molecule has 0 saturated carbocycles. The SMILES string of the molecule is COc1cc(OCCCSC)ccc1C(=S)N1CCOCC1. The lowest BCUT2D eigenvalue weighted by Gasteiger charge is -2.29. The number of rotatable bonds is 7. The van der Waals surface area contributed by atoms with E-state index in [9.17, 15) is 0 Å². The van der Waals surface area contributed by atoms with E-state index < -0.39 is 0 Å². The first-order chi connectivity index (χ1) is 10.8. The number of benzene rings is 1. The Kier molecular flexibility index (Phi) is 7.29. The third-order valence-corrected chi connectivity index (χ3v) is 4.64. The topological polar surface area (TPSA) is 30.9 Å². The summed E-state index contributed by atoms with van der Waals surface area (Å²) in [7, 11) is 1.66. The molecule has 0 aromatic heterocycles. The third kappa shape index (κ3) is 4.76. The molecule has 6 heteroatoms. The molecule has 1 aromatic carbocycles. The molecule has 1 aliphatic heterocycles. The zero-order chi connectivity index (χ0) is 15.8. The Labute approximate surface area is 142 Å². The maximum absolute atomic E-state index is 5.76. The summed E-state index contributed by atoms with van der Waals surface area (Å²) in [5, 5.41) is 0. The minimum atomic E-state index is 0.719.